The van der Waals surface area contributed by atoms with E-state index in [0.29, 0.717) is 12.2 Å². The molecule has 134 valence electrons. The van der Waals surface area contributed by atoms with Crippen LogP contribution in [0.3, 0.4) is 0 Å². The Morgan fingerprint density at radius 3 is 2.26 bits per heavy atom. The van der Waals surface area contributed by atoms with E-state index < -0.39 is 0 Å². The minimum absolute atomic E-state index is 0.255. The van der Waals surface area contributed by atoms with Crippen LogP contribution in [0.25, 0.3) is 6.08 Å². The van der Waals surface area contributed by atoms with Crippen molar-refractivity contribution in [3.8, 4) is 5.75 Å². The van der Waals surface area contributed by atoms with Crippen LogP contribution in [0.5, 0.6) is 5.75 Å². The molecule has 4 nitrogen and oxygen atoms in total. The molecule has 0 spiro atoms. The van der Waals surface area contributed by atoms with Crippen LogP contribution >= 0.6 is 0 Å². The van der Waals surface area contributed by atoms with Gasteiger partial charge in [-0.3, -0.25) is 4.79 Å². The van der Waals surface area contributed by atoms with Gasteiger partial charge in [-0.15, -0.1) is 0 Å². The molecule has 1 N–H and O–H groups in total. The molecule has 0 radical (unpaired) electrons. The minimum Gasteiger partial charge on any atom is -0.489 e. The lowest BCUT2D eigenvalue weighted by Gasteiger charge is -2.06. The molecule has 27 heavy (non-hydrogen) atoms. The molecular formula is C23H20N2O2. The third kappa shape index (κ3) is 5.97. The zero-order valence-corrected chi connectivity index (χ0v) is 14.8. The summed E-state index contributed by atoms with van der Waals surface area (Å²) in [6.07, 6.45) is 5.24. The summed E-state index contributed by atoms with van der Waals surface area (Å²) in [7, 11) is 0. The van der Waals surface area contributed by atoms with Gasteiger partial charge in [-0.05, 0) is 41.5 Å². The van der Waals surface area contributed by atoms with Crippen LogP contribution in [0.4, 0.5) is 0 Å². The summed E-state index contributed by atoms with van der Waals surface area (Å²) in [6, 6.07) is 26.8. The maximum Gasteiger partial charge on any atom is 0.271 e. The van der Waals surface area contributed by atoms with Crippen LogP contribution in [0, 0.1) is 0 Å². The number of allylic oxidation sites excluding steroid dienone is 1. The van der Waals surface area contributed by atoms with Crippen molar-refractivity contribution in [2.75, 3.05) is 0 Å². The highest BCUT2D eigenvalue weighted by atomic mass is 16.5. The number of hydrazone groups is 1. The van der Waals surface area contributed by atoms with Gasteiger partial charge in [-0.25, -0.2) is 5.43 Å². The molecular weight excluding hydrogens is 336 g/mol. The smallest absolute Gasteiger partial charge is 0.271 e. The maximum atomic E-state index is 12.1. The highest BCUT2D eigenvalue weighted by molar-refractivity contribution is 5.94. The van der Waals surface area contributed by atoms with Crippen LogP contribution in [0.15, 0.2) is 96.1 Å². The quantitative estimate of drug-likeness (QED) is 0.493. The number of rotatable bonds is 7. The summed E-state index contributed by atoms with van der Waals surface area (Å²) in [4.78, 5) is 12.1. The average Bonchev–Trinajstić information content (AvgIpc) is 2.74. The van der Waals surface area contributed by atoms with Crippen molar-refractivity contribution >= 4 is 18.2 Å². The fraction of sp³-hybridized carbons (Fsp3) is 0.0435. The molecule has 3 rings (SSSR count). The predicted molar refractivity (Wildman–Crippen MR) is 109 cm³/mol. The zero-order chi connectivity index (χ0) is 18.7. The number of carbonyl (C=O) groups excluding carboxylic acids is 1. The number of hydrogen-bond donors (Lipinski definition) is 1. The Kier molecular flexibility index (Phi) is 6.54. The van der Waals surface area contributed by atoms with E-state index in [0.717, 1.165) is 16.9 Å². The first-order chi connectivity index (χ1) is 13.3. The molecule has 0 aromatic heterocycles. The fourth-order valence-corrected chi connectivity index (χ4v) is 2.36. The van der Waals surface area contributed by atoms with Gasteiger partial charge in [-0.2, -0.15) is 5.10 Å². The molecule has 0 atom stereocenters. The number of hydrogen-bond acceptors (Lipinski definition) is 3. The molecule has 3 aromatic carbocycles. The van der Waals surface area contributed by atoms with Crippen molar-refractivity contribution in [1.29, 1.82) is 0 Å². The van der Waals surface area contributed by atoms with E-state index in [9.17, 15) is 4.79 Å². The van der Waals surface area contributed by atoms with E-state index in [2.05, 4.69) is 10.5 Å². The molecule has 0 unspecified atom stereocenters. The van der Waals surface area contributed by atoms with Crippen molar-refractivity contribution in [2.45, 2.75) is 6.61 Å². The number of amides is 1. The first kappa shape index (κ1) is 18.1. The first-order valence-electron chi connectivity index (χ1n) is 8.63. The molecule has 0 aliphatic rings. The second kappa shape index (κ2) is 9.73. The van der Waals surface area contributed by atoms with Crippen LogP contribution in [0.1, 0.15) is 21.5 Å². The molecule has 0 bridgehead atoms. The fourth-order valence-electron chi connectivity index (χ4n) is 2.36. The van der Waals surface area contributed by atoms with Crippen LogP contribution in [-0.2, 0) is 6.61 Å². The van der Waals surface area contributed by atoms with Gasteiger partial charge in [0.15, 0.2) is 0 Å². The zero-order valence-electron chi connectivity index (χ0n) is 14.8. The summed E-state index contributed by atoms with van der Waals surface area (Å²) >= 11 is 0. The Bertz CT molecular complexity index is 902. The SMILES string of the molecule is O=C(N/N=C\C=C\c1ccccc1)c1ccc(COc2ccccc2)cc1. The average molecular weight is 356 g/mol. The first-order valence-corrected chi connectivity index (χ1v) is 8.63. The molecule has 3 aromatic rings. The topological polar surface area (TPSA) is 50.7 Å². The van der Waals surface area contributed by atoms with E-state index in [-0.39, 0.29) is 5.91 Å². The van der Waals surface area contributed by atoms with Gasteiger partial charge in [-0.1, -0.05) is 66.7 Å². The highest BCUT2D eigenvalue weighted by Gasteiger charge is 2.04. The monoisotopic (exact) mass is 356 g/mol. The molecule has 0 heterocycles. The van der Waals surface area contributed by atoms with Gasteiger partial charge in [0.25, 0.3) is 5.91 Å². The second-order valence-corrected chi connectivity index (χ2v) is 5.79. The molecule has 1 amide bonds. The Labute approximate surface area is 158 Å². The summed E-state index contributed by atoms with van der Waals surface area (Å²) in [5.74, 6) is 0.562. The summed E-state index contributed by atoms with van der Waals surface area (Å²) in [5.41, 5.74) is 5.12. The van der Waals surface area contributed by atoms with Crippen molar-refractivity contribution in [3.05, 3.63) is 108 Å². The van der Waals surface area contributed by atoms with E-state index in [1.165, 1.54) is 0 Å². The number of ether oxygens (including phenoxy) is 1. The molecule has 0 aliphatic heterocycles. The lowest BCUT2D eigenvalue weighted by atomic mass is 10.1. The predicted octanol–water partition coefficient (Wildman–Crippen LogP) is 4.69. The largest absolute Gasteiger partial charge is 0.489 e. The van der Waals surface area contributed by atoms with Gasteiger partial charge < -0.3 is 4.74 Å². The third-order valence-electron chi connectivity index (χ3n) is 3.78. The van der Waals surface area contributed by atoms with Gasteiger partial charge >= 0.3 is 0 Å². The van der Waals surface area contributed by atoms with Crippen molar-refractivity contribution in [2.24, 2.45) is 5.10 Å². The van der Waals surface area contributed by atoms with E-state index >= 15 is 0 Å². The standard InChI is InChI=1S/C23H20N2O2/c26-23(25-24-17-7-10-19-8-3-1-4-9-19)21-15-13-20(14-16-21)18-27-22-11-5-2-6-12-22/h1-17H,18H2,(H,25,26)/b10-7+,24-17-. The van der Waals surface area contributed by atoms with Gasteiger partial charge in [0.05, 0.1) is 0 Å². The number of para-hydroxylation sites is 1. The Balaban J connectivity index is 1.47. The van der Waals surface area contributed by atoms with Crippen LogP contribution < -0.4 is 10.2 Å². The van der Waals surface area contributed by atoms with Gasteiger partial charge in [0.1, 0.15) is 12.4 Å². The lowest BCUT2D eigenvalue weighted by Crippen LogP contribution is -2.17. The molecule has 0 saturated heterocycles. The number of carbonyl (C=O) groups is 1. The van der Waals surface area contributed by atoms with Gasteiger partial charge in [0, 0.05) is 11.8 Å². The van der Waals surface area contributed by atoms with Crippen LogP contribution in [-0.4, -0.2) is 12.1 Å². The van der Waals surface area contributed by atoms with Crippen molar-refractivity contribution in [1.82, 2.24) is 5.43 Å². The Hall–Kier alpha value is -3.66. The minimum atomic E-state index is -0.255. The summed E-state index contributed by atoms with van der Waals surface area (Å²) in [6.45, 7) is 0.453. The van der Waals surface area contributed by atoms with Crippen molar-refractivity contribution in [3.63, 3.8) is 0 Å². The van der Waals surface area contributed by atoms with Gasteiger partial charge in [0.2, 0.25) is 0 Å². The van der Waals surface area contributed by atoms with Crippen LogP contribution in [0.2, 0.25) is 0 Å². The number of nitrogens with zero attached hydrogens (tertiary/aromatic N) is 1. The molecule has 0 saturated carbocycles. The molecule has 0 fully saturated rings. The van der Waals surface area contributed by atoms with E-state index in [1.807, 2.05) is 78.9 Å². The summed E-state index contributed by atoms with van der Waals surface area (Å²) in [5, 5.41) is 3.93. The molecule has 4 heteroatoms. The Morgan fingerprint density at radius 2 is 1.56 bits per heavy atom. The highest BCUT2D eigenvalue weighted by Crippen LogP contribution is 2.12. The summed E-state index contributed by atoms with van der Waals surface area (Å²) < 4.78 is 5.69. The molecule has 0 aliphatic carbocycles. The maximum absolute atomic E-state index is 12.1. The second-order valence-electron chi connectivity index (χ2n) is 5.79. The number of benzene rings is 3. The number of nitrogens with one attached hydrogen (secondary N) is 1. The third-order valence-corrected chi connectivity index (χ3v) is 3.78. The lowest BCUT2D eigenvalue weighted by molar-refractivity contribution is 0.0955. The Morgan fingerprint density at radius 1 is 0.889 bits per heavy atom. The van der Waals surface area contributed by atoms with E-state index in [1.54, 1.807) is 24.4 Å². The van der Waals surface area contributed by atoms with Crippen molar-refractivity contribution < 1.29 is 9.53 Å². The van der Waals surface area contributed by atoms with E-state index in [4.69, 9.17) is 4.74 Å². The normalized spacial score (nSPS) is 11.0.